The summed E-state index contributed by atoms with van der Waals surface area (Å²) >= 11 is 1.47. The van der Waals surface area contributed by atoms with Gasteiger partial charge in [-0.3, -0.25) is 14.7 Å². The molecule has 3 aromatic rings. The van der Waals surface area contributed by atoms with Crippen molar-refractivity contribution in [3.05, 3.63) is 82.7 Å². The Morgan fingerprint density at radius 1 is 1.15 bits per heavy atom. The van der Waals surface area contributed by atoms with Gasteiger partial charge in [-0.05, 0) is 29.8 Å². The van der Waals surface area contributed by atoms with Crippen LogP contribution in [0.2, 0.25) is 0 Å². The standard InChI is InChI=1S/C18H15FN4O2S/c1-2-11-22-17(14-5-7-15(19)8-6-14)20-21-18(22)26-12-13-3-9-16(10-4-13)23(24)25/h2-10H,1,11-12H2. The van der Waals surface area contributed by atoms with E-state index in [1.807, 2.05) is 4.57 Å². The van der Waals surface area contributed by atoms with Crippen LogP contribution >= 0.6 is 11.8 Å². The van der Waals surface area contributed by atoms with E-state index in [0.717, 1.165) is 11.1 Å². The molecule has 0 N–H and O–H groups in total. The molecule has 0 aliphatic rings. The van der Waals surface area contributed by atoms with Crippen molar-refractivity contribution in [2.75, 3.05) is 0 Å². The van der Waals surface area contributed by atoms with Crippen molar-refractivity contribution in [1.82, 2.24) is 14.8 Å². The van der Waals surface area contributed by atoms with Gasteiger partial charge >= 0.3 is 0 Å². The molecule has 0 bridgehead atoms. The lowest BCUT2D eigenvalue weighted by atomic mass is 10.2. The van der Waals surface area contributed by atoms with Crippen molar-refractivity contribution >= 4 is 17.4 Å². The number of rotatable bonds is 7. The summed E-state index contributed by atoms with van der Waals surface area (Å²) in [5.74, 6) is 0.920. The monoisotopic (exact) mass is 370 g/mol. The van der Waals surface area contributed by atoms with Crippen molar-refractivity contribution in [2.45, 2.75) is 17.5 Å². The summed E-state index contributed by atoms with van der Waals surface area (Å²) in [4.78, 5) is 10.3. The van der Waals surface area contributed by atoms with Crippen LogP contribution in [0.4, 0.5) is 10.1 Å². The summed E-state index contributed by atoms with van der Waals surface area (Å²) in [5, 5.41) is 19.8. The van der Waals surface area contributed by atoms with Gasteiger partial charge in [-0.15, -0.1) is 16.8 Å². The number of hydrogen-bond donors (Lipinski definition) is 0. The molecule has 8 heteroatoms. The van der Waals surface area contributed by atoms with E-state index in [1.165, 1.54) is 36.0 Å². The predicted molar refractivity (Wildman–Crippen MR) is 98.3 cm³/mol. The molecule has 0 spiro atoms. The van der Waals surface area contributed by atoms with Crippen LogP contribution in [0.15, 0.2) is 66.3 Å². The lowest BCUT2D eigenvalue weighted by Crippen LogP contribution is -2.00. The van der Waals surface area contributed by atoms with Crippen LogP contribution in [0.25, 0.3) is 11.4 Å². The Morgan fingerprint density at radius 3 is 2.46 bits per heavy atom. The Morgan fingerprint density at radius 2 is 1.85 bits per heavy atom. The van der Waals surface area contributed by atoms with Gasteiger partial charge < -0.3 is 0 Å². The minimum atomic E-state index is -0.424. The highest BCUT2D eigenvalue weighted by atomic mass is 32.2. The van der Waals surface area contributed by atoms with Gasteiger partial charge in [0, 0.05) is 30.0 Å². The van der Waals surface area contributed by atoms with Gasteiger partial charge in [0.15, 0.2) is 11.0 Å². The zero-order valence-electron chi connectivity index (χ0n) is 13.7. The molecule has 6 nitrogen and oxygen atoms in total. The highest BCUT2D eigenvalue weighted by Crippen LogP contribution is 2.27. The number of nitro benzene ring substituents is 1. The number of thioether (sulfide) groups is 1. The second-order valence-electron chi connectivity index (χ2n) is 5.42. The first-order valence-electron chi connectivity index (χ1n) is 7.74. The van der Waals surface area contributed by atoms with E-state index in [4.69, 9.17) is 0 Å². The van der Waals surface area contributed by atoms with Crippen LogP contribution in [-0.4, -0.2) is 19.7 Å². The maximum atomic E-state index is 13.1. The molecule has 0 amide bonds. The summed E-state index contributed by atoms with van der Waals surface area (Å²) < 4.78 is 15.0. The zero-order chi connectivity index (χ0) is 18.5. The Labute approximate surface area is 153 Å². The fourth-order valence-corrected chi connectivity index (χ4v) is 3.27. The third kappa shape index (κ3) is 3.97. The predicted octanol–water partition coefficient (Wildman–Crippen LogP) is 4.47. The normalized spacial score (nSPS) is 10.7. The highest BCUT2D eigenvalue weighted by molar-refractivity contribution is 7.98. The molecular formula is C18H15FN4O2S. The topological polar surface area (TPSA) is 73.8 Å². The van der Waals surface area contributed by atoms with E-state index in [9.17, 15) is 14.5 Å². The van der Waals surface area contributed by atoms with Crippen molar-refractivity contribution < 1.29 is 9.31 Å². The van der Waals surface area contributed by atoms with Crippen molar-refractivity contribution in [3.63, 3.8) is 0 Å². The van der Waals surface area contributed by atoms with Gasteiger partial charge in [-0.1, -0.05) is 30.0 Å². The van der Waals surface area contributed by atoms with Crippen LogP contribution < -0.4 is 0 Å². The smallest absolute Gasteiger partial charge is 0.269 e. The Balaban J connectivity index is 1.80. The zero-order valence-corrected chi connectivity index (χ0v) is 14.5. The number of benzene rings is 2. The Hall–Kier alpha value is -3.00. The van der Waals surface area contributed by atoms with Crippen LogP contribution in [-0.2, 0) is 12.3 Å². The largest absolute Gasteiger partial charge is 0.298 e. The Bertz CT molecular complexity index is 923. The number of non-ortho nitro benzene ring substituents is 1. The first-order valence-corrected chi connectivity index (χ1v) is 8.73. The fraction of sp³-hybridized carbons (Fsp3) is 0.111. The quantitative estimate of drug-likeness (QED) is 0.265. The maximum Gasteiger partial charge on any atom is 0.269 e. The number of nitro groups is 1. The summed E-state index contributed by atoms with van der Waals surface area (Å²) in [5.41, 5.74) is 1.77. The molecule has 2 aromatic carbocycles. The van der Waals surface area contributed by atoms with Gasteiger partial charge in [-0.2, -0.15) is 0 Å². The highest BCUT2D eigenvalue weighted by Gasteiger charge is 2.14. The molecule has 1 heterocycles. The Kier molecular flexibility index (Phi) is 5.43. The van der Waals surface area contributed by atoms with Gasteiger partial charge in [0.1, 0.15) is 5.82 Å². The van der Waals surface area contributed by atoms with Gasteiger partial charge in [-0.25, -0.2) is 4.39 Å². The van der Waals surface area contributed by atoms with Gasteiger partial charge in [0.05, 0.1) is 4.92 Å². The van der Waals surface area contributed by atoms with Crippen LogP contribution in [0.3, 0.4) is 0 Å². The first-order chi connectivity index (χ1) is 12.6. The van der Waals surface area contributed by atoms with Crippen LogP contribution in [0.5, 0.6) is 0 Å². The molecule has 26 heavy (non-hydrogen) atoms. The van der Waals surface area contributed by atoms with E-state index in [0.29, 0.717) is 23.3 Å². The van der Waals surface area contributed by atoms with Crippen LogP contribution in [0.1, 0.15) is 5.56 Å². The SMILES string of the molecule is C=CCn1c(SCc2ccc([N+](=O)[O-])cc2)nnc1-c1ccc(F)cc1. The number of halogens is 1. The van der Waals surface area contributed by atoms with Gasteiger partial charge in [0.25, 0.3) is 5.69 Å². The molecule has 3 rings (SSSR count). The van der Waals surface area contributed by atoms with Crippen molar-refractivity contribution in [1.29, 1.82) is 0 Å². The summed E-state index contributed by atoms with van der Waals surface area (Å²) in [6.45, 7) is 4.28. The van der Waals surface area contributed by atoms with E-state index in [2.05, 4.69) is 16.8 Å². The molecular weight excluding hydrogens is 355 g/mol. The first kappa shape index (κ1) is 17.8. The molecule has 0 saturated carbocycles. The van der Waals surface area contributed by atoms with E-state index >= 15 is 0 Å². The van der Waals surface area contributed by atoms with Crippen LogP contribution in [0, 0.1) is 15.9 Å². The maximum absolute atomic E-state index is 13.1. The molecule has 1 aromatic heterocycles. The fourth-order valence-electron chi connectivity index (χ4n) is 2.36. The number of nitrogens with zero attached hydrogens (tertiary/aromatic N) is 4. The van der Waals surface area contributed by atoms with E-state index in [1.54, 1.807) is 30.3 Å². The molecule has 0 unspecified atom stereocenters. The molecule has 0 atom stereocenters. The number of allylic oxidation sites excluding steroid dienone is 1. The second-order valence-corrected chi connectivity index (χ2v) is 6.37. The summed E-state index contributed by atoms with van der Waals surface area (Å²) in [7, 11) is 0. The molecule has 0 aliphatic carbocycles. The van der Waals surface area contributed by atoms with Crippen molar-refractivity contribution in [3.8, 4) is 11.4 Å². The lowest BCUT2D eigenvalue weighted by Gasteiger charge is -2.08. The molecule has 0 radical (unpaired) electrons. The minimum absolute atomic E-state index is 0.0622. The molecule has 0 fully saturated rings. The average molecular weight is 370 g/mol. The van der Waals surface area contributed by atoms with Crippen molar-refractivity contribution in [2.24, 2.45) is 0 Å². The summed E-state index contributed by atoms with van der Waals surface area (Å²) in [6.07, 6.45) is 1.74. The third-order valence-corrected chi connectivity index (χ3v) is 4.68. The summed E-state index contributed by atoms with van der Waals surface area (Å²) in [6, 6.07) is 12.5. The van der Waals surface area contributed by atoms with Gasteiger partial charge in [0.2, 0.25) is 0 Å². The number of hydrogen-bond acceptors (Lipinski definition) is 5. The lowest BCUT2D eigenvalue weighted by molar-refractivity contribution is -0.384. The number of aromatic nitrogens is 3. The van der Waals surface area contributed by atoms with E-state index in [-0.39, 0.29) is 11.5 Å². The minimum Gasteiger partial charge on any atom is -0.298 e. The average Bonchev–Trinajstić information content (AvgIpc) is 3.04. The third-order valence-electron chi connectivity index (χ3n) is 3.65. The molecule has 0 saturated heterocycles. The molecule has 132 valence electrons. The second kappa shape index (κ2) is 7.92. The molecule has 0 aliphatic heterocycles. The van der Waals surface area contributed by atoms with E-state index < -0.39 is 4.92 Å².